The van der Waals surface area contributed by atoms with Gasteiger partial charge in [-0.05, 0) is 20.2 Å². The maximum Gasteiger partial charge on any atom is 0.144 e. The highest BCUT2D eigenvalue weighted by molar-refractivity contribution is 5.30. The van der Waals surface area contributed by atoms with Crippen LogP contribution in [-0.4, -0.2) is 24.0 Å². The van der Waals surface area contributed by atoms with Crippen molar-refractivity contribution in [3.63, 3.8) is 0 Å². The summed E-state index contributed by atoms with van der Waals surface area (Å²) >= 11 is 0. The Hall–Kier alpha value is -1.40. The van der Waals surface area contributed by atoms with E-state index in [-0.39, 0.29) is 0 Å². The fourth-order valence-electron chi connectivity index (χ4n) is 1.01. The first kappa shape index (κ1) is 8.69. The van der Waals surface area contributed by atoms with E-state index in [1.54, 1.807) is 6.20 Å². The fourth-order valence-corrected chi connectivity index (χ4v) is 1.01. The van der Waals surface area contributed by atoms with Crippen LogP contribution < -0.4 is 0 Å². The van der Waals surface area contributed by atoms with Gasteiger partial charge in [0.15, 0.2) is 0 Å². The number of rotatable bonds is 2. The molecule has 0 spiro atoms. The highest BCUT2D eigenvalue weighted by atomic mass is 15.0. The summed E-state index contributed by atoms with van der Waals surface area (Å²) < 4.78 is 0. The van der Waals surface area contributed by atoms with Crippen LogP contribution in [0.2, 0.25) is 0 Å². The monoisotopic (exact) mass is 161 g/mol. The topological polar surface area (TPSA) is 39.9 Å². The lowest BCUT2D eigenvalue weighted by atomic mass is 10.2. The number of hydrogen-bond donors (Lipinski definition) is 0. The highest BCUT2D eigenvalue weighted by Gasteiger charge is 2.01. The molecule has 0 aliphatic rings. The quantitative estimate of drug-likeness (QED) is 0.650. The Balaban J connectivity index is 2.91. The number of nitrogens with zero attached hydrogens (tertiary/aromatic N) is 3. The average Bonchev–Trinajstić information content (AvgIpc) is 2.04. The molecule has 0 saturated heterocycles. The summed E-state index contributed by atoms with van der Waals surface area (Å²) in [5.41, 5.74) is 1.50. The van der Waals surface area contributed by atoms with Crippen LogP contribution in [0.5, 0.6) is 0 Å². The average molecular weight is 161 g/mol. The number of hydrogen-bond acceptors (Lipinski definition) is 3. The maximum atomic E-state index is 8.70. The molecule has 0 atom stereocenters. The van der Waals surface area contributed by atoms with Gasteiger partial charge >= 0.3 is 0 Å². The predicted molar refractivity (Wildman–Crippen MR) is 46.3 cm³/mol. The molecular weight excluding hydrogens is 150 g/mol. The normalized spacial score (nSPS) is 9.83. The predicted octanol–water partition coefficient (Wildman–Crippen LogP) is 1.01. The van der Waals surface area contributed by atoms with Crippen LogP contribution >= 0.6 is 0 Å². The summed E-state index contributed by atoms with van der Waals surface area (Å²) in [6.07, 6.45) is 1.64. The summed E-state index contributed by atoms with van der Waals surface area (Å²) in [4.78, 5) is 5.97. The third-order valence-electron chi connectivity index (χ3n) is 1.48. The van der Waals surface area contributed by atoms with E-state index in [0.29, 0.717) is 5.69 Å². The van der Waals surface area contributed by atoms with Crippen LogP contribution in [0.3, 0.4) is 0 Å². The molecule has 0 aliphatic heterocycles. The number of aromatic nitrogens is 1. The highest BCUT2D eigenvalue weighted by Crippen LogP contribution is 2.05. The molecule has 0 amide bonds. The third kappa shape index (κ3) is 2.04. The van der Waals surface area contributed by atoms with Gasteiger partial charge in [0.2, 0.25) is 0 Å². The lowest BCUT2D eigenvalue weighted by Gasteiger charge is -2.09. The van der Waals surface area contributed by atoms with Gasteiger partial charge in [0.25, 0.3) is 0 Å². The summed E-state index contributed by atoms with van der Waals surface area (Å²) in [5, 5.41) is 8.70. The minimum absolute atomic E-state index is 0.520. The van der Waals surface area contributed by atoms with Crippen molar-refractivity contribution in [3.05, 3.63) is 29.6 Å². The Morgan fingerprint density at radius 3 is 2.92 bits per heavy atom. The smallest absolute Gasteiger partial charge is 0.144 e. The largest absolute Gasteiger partial charge is 0.305 e. The molecule has 3 nitrogen and oxygen atoms in total. The molecule has 0 fully saturated rings. The van der Waals surface area contributed by atoms with Crippen LogP contribution in [-0.2, 0) is 6.54 Å². The molecule has 0 saturated carbocycles. The Bertz CT molecular complexity index is 299. The number of nitriles is 1. The second-order valence-corrected chi connectivity index (χ2v) is 2.86. The first-order chi connectivity index (χ1) is 5.74. The van der Waals surface area contributed by atoms with E-state index in [1.165, 1.54) is 0 Å². The molecule has 0 N–H and O–H groups in total. The molecule has 12 heavy (non-hydrogen) atoms. The minimum Gasteiger partial charge on any atom is -0.305 e. The SMILES string of the molecule is CN(C)Cc1cccnc1C#N. The third-order valence-corrected chi connectivity index (χ3v) is 1.48. The zero-order valence-electron chi connectivity index (χ0n) is 7.28. The molecule has 0 aliphatic carbocycles. The summed E-state index contributed by atoms with van der Waals surface area (Å²) in [6, 6.07) is 5.83. The van der Waals surface area contributed by atoms with Crippen molar-refractivity contribution in [3.8, 4) is 6.07 Å². The van der Waals surface area contributed by atoms with E-state index in [9.17, 15) is 0 Å². The van der Waals surface area contributed by atoms with Gasteiger partial charge in [0, 0.05) is 18.3 Å². The fraction of sp³-hybridized carbons (Fsp3) is 0.333. The molecule has 0 bridgehead atoms. The summed E-state index contributed by atoms with van der Waals surface area (Å²) in [5.74, 6) is 0. The van der Waals surface area contributed by atoms with Crippen LogP contribution in [0.4, 0.5) is 0 Å². The van der Waals surface area contributed by atoms with Crippen molar-refractivity contribution in [2.24, 2.45) is 0 Å². The molecule has 0 unspecified atom stereocenters. The molecular formula is C9H11N3. The van der Waals surface area contributed by atoms with Crippen molar-refractivity contribution >= 4 is 0 Å². The molecule has 1 heterocycles. The van der Waals surface area contributed by atoms with Gasteiger partial charge in [-0.25, -0.2) is 4.98 Å². The van der Waals surface area contributed by atoms with Crippen LogP contribution in [0.25, 0.3) is 0 Å². The van der Waals surface area contributed by atoms with Crippen molar-refractivity contribution < 1.29 is 0 Å². The zero-order chi connectivity index (χ0) is 8.97. The molecule has 0 aromatic carbocycles. The van der Waals surface area contributed by atoms with E-state index in [1.807, 2.05) is 31.1 Å². The zero-order valence-corrected chi connectivity index (χ0v) is 7.28. The second-order valence-electron chi connectivity index (χ2n) is 2.86. The van der Waals surface area contributed by atoms with Gasteiger partial charge in [-0.15, -0.1) is 0 Å². The molecule has 0 radical (unpaired) electrons. The van der Waals surface area contributed by atoms with E-state index < -0.39 is 0 Å². The van der Waals surface area contributed by atoms with E-state index in [4.69, 9.17) is 5.26 Å². The molecule has 1 rings (SSSR count). The van der Waals surface area contributed by atoms with Crippen molar-refractivity contribution in [2.45, 2.75) is 6.54 Å². The first-order valence-electron chi connectivity index (χ1n) is 3.72. The van der Waals surface area contributed by atoms with Gasteiger partial charge in [0.05, 0.1) is 0 Å². The van der Waals surface area contributed by atoms with Crippen molar-refractivity contribution in [1.29, 1.82) is 5.26 Å². The Labute approximate surface area is 72.3 Å². The van der Waals surface area contributed by atoms with Crippen molar-refractivity contribution in [2.75, 3.05) is 14.1 Å². The van der Waals surface area contributed by atoms with Crippen LogP contribution in [0.15, 0.2) is 18.3 Å². The maximum absolute atomic E-state index is 8.70. The summed E-state index contributed by atoms with van der Waals surface area (Å²) in [6.45, 7) is 0.761. The lowest BCUT2D eigenvalue weighted by Crippen LogP contribution is -2.12. The first-order valence-corrected chi connectivity index (χ1v) is 3.72. The van der Waals surface area contributed by atoms with Gasteiger partial charge in [0.1, 0.15) is 11.8 Å². The molecule has 3 heteroatoms. The molecule has 62 valence electrons. The molecule has 1 aromatic heterocycles. The minimum atomic E-state index is 0.520. The van der Waals surface area contributed by atoms with E-state index in [2.05, 4.69) is 11.1 Å². The molecule has 1 aromatic rings. The van der Waals surface area contributed by atoms with Crippen LogP contribution in [0, 0.1) is 11.3 Å². The Morgan fingerprint density at radius 1 is 1.58 bits per heavy atom. The Morgan fingerprint density at radius 2 is 2.33 bits per heavy atom. The van der Waals surface area contributed by atoms with Gasteiger partial charge in [-0.2, -0.15) is 5.26 Å². The Kier molecular flexibility index (Phi) is 2.78. The lowest BCUT2D eigenvalue weighted by molar-refractivity contribution is 0.401. The van der Waals surface area contributed by atoms with Gasteiger partial charge in [-0.3, -0.25) is 0 Å². The standard InChI is InChI=1S/C9H11N3/c1-12(2)7-8-4-3-5-11-9(8)6-10/h3-5H,7H2,1-2H3. The van der Waals surface area contributed by atoms with Gasteiger partial charge in [-0.1, -0.05) is 6.07 Å². The van der Waals surface area contributed by atoms with E-state index in [0.717, 1.165) is 12.1 Å². The number of pyridine rings is 1. The summed E-state index contributed by atoms with van der Waals surface area (Å²) in [7, 11) is 3.93. The van der Waals surface area contributed by atoms with Crippen molar-refractivity contribution in [1.82, 2.24) is 9.88 Å². The van der Waals surface area contributed by atoms with E-state index >= 15 is 0 Å². The second kappa shape index (κ2) is 3.84. The van der Waals surface area contributed by atoms with Crippen LogP contribution in [0.1, 0.15) is 11.3 Å². The van der Waals surface area contributed by atoms with Gasteiger partial charge < -0.3 is 4.90 Å².